The van der Waals surface area contributed by atoms with E-state index in [0.717, 1.165) is 25.3 Å². The number of imidazole rings is 1. The predicted molar refractivity (Wildman–Crippen MR) is 75.7 cm³/mol. The molecule has 1 unspecified atom stereocenters. The van der Waals surface area contributed by atoms with Crippen LogP contribution in [-0.4, -0.2) is 15.6 Å². The summed E-state index contributed by atoms with van der Waals surface area (Å²) in [6.07, 6.45) is 6.02. The number of nitrogens with zero attached hydrogens (tertiary/aromatic N) is 2. The van der Waals surface area contributed by atoms with Crippen LogP contribution in [0.2, 0.25) is 0 Å². The molecule has 0 fully saturated rings. The first-order chi connectivity index (χ1) is 8.79. The summed E-state index contributed by atoms with van der Waals surface area (Å²) in [5.41, 5.74) is 1.35. The first kappa shape index (κ1) is 12.7. The molecule has 0 radical (unpaired) electrons. The van der Waals surface area contributed by atoms with E-state index in [-0.39, 0.29) is 0 Å². The van der Waals surface area contributed by atoms with E-state index in [1.807, 2.05) is 12.4 Å². The zero-order valence-corrected chi connectivity index (χ0v) is 11.1. The third-order valence-electron chi connectivity index (χ3n) is 2.94. The molecule has 0 saturated heterocycles. The molecule has 0 spiro atoms. The summed E-state index contributed by atoms with van der Waals surface area (Å²) in [6, 6.07) is 10.9. The minimum absolute atomic E-state index is 0.380. The van der Waals surface area contributed by atoms with Crippen molar-refractivity contribution in [1.29, 1.82) is 0 Å². The molecule has 0 amide bonds. The SMILES string of the molecule is CCCn1ccnc1NC(C)Cc1ccccc1. The van der Waals surface area contributed by atoms with Crippen molar-refractivity contribution >= 4 is 5.95 Å². The summed E-state index contributed by atoms with van der Waals surface area (Å²) in [7, 11) is 0. The van der Waals surface area contributed by atoms with Gasteiger partial charge in [0, 0.05) is 25.0 Å². The molecule has 18 heavy (non-hydrogen) atoms. The van der Waals surface area contributed by atoms with Gasteiger partial charge in [0.2, 0.25) is 5.95 Å². The van der Waals surface area contributed by atoms with E-state index >= 15 is 0 Å². The van der Waals surface area contributed by atoms with Gasteiger partial charge >= 0.3 is 0 Å². The van der Waals surface area contributed by atoms with E-state index in [4.69, 9.17) is 0 Å². The summed E-state index contributed by atoms with van der Waals surface area (Å²) in [6.45, 7) is 5.38. The Bertz CT molecular complexity index is 462. The van der Waals surface area contributed by atoms with Crippen molar-refractivity contribution in [2.45, 2.75) is 39.3 Å². The van der Waals surface area contributed by atoms with Crippen LogP contribution in [0.1, 0.15) is 25.8 Å². The van der Waals surface area contributed by atoms with Crippen LogP contribution in [0.25, 0.3) is 0 Å². The van der Waals surface area contributed by atoms with Gasteiger partial charge in [-0.1, -0.05) is 37.3 Å². The number of hydrogen-bond acceptors (Lipinski definition) is 2. The Morgan fingerprint density at radius 3 is 2.78 bits per heavy atom. The highest BCUT2D eigenvalue weighted by atomic mass is 15.2. The second-order valence-corrected chi connectivity index (χ2v) is 4.68. The lowest BCUT2D eigenvalue weighted by atomic mass is 10.1. The summed E-state index contributed by atoms with van der Waals surface area (Å²) >= 11 is 0. The van der Waals surface area contributed by atoms with Crippen LogP contribution in [0.5, 0.6) is 0 Å². The van der Waals surface area contributed by atoms with Crippen molar-refractivity contribution < 1.29 is 0 Å². The Labute approximate surface area is 109 Å². The average molecular weight is 243 g/mol. The van der Waals surface area contributed by atoms with Gasteiger partial charge in [0.15, 0.2) is 0 Å². The highest BCUT2D eigenvalue weighted by molar-refractivity contribution is 5.28. The molecule has 0 bridgehead atoms. The molecule has 2 aromatic rings. The molecule has 0 aliphatic heterocycles. The summed E-state index contributed by atoms with van der Waals surface area (Å²) < 4.78 is 2.17. The molecule has 2 rings (SSSR count). The fourth-order valence-electron chi connectivity index (χ4n) is 2.11. The number of aryl methyl sites for hydroxylation is 1. The summed E-state index contributed by atoms with van der Waals surface area (Å²) in [5, 5.41) is 3.48. The highest BCUT2D eigenvalue weighted by Gasteiger charge is 2.07. The van der Waals surface area contributed by atoms with E-state index in [1.54, 1.807) is 0 Å². The molecule has 1 heterocycles. The largest absolute Gasteiger partial charge is 0.353 e. The van der Waals surface area contributed by atoms with Gasteiger partial charge in [-0.15, -0.1) is 0 Å². The fourth-order valence-corrected chi connectivity index (χ4v) is 2.11. The molecule has 1 aromatic heterocycles. The van der Waals surface area contributed by atoms with Crippen molar-refractivity contribution in [3.63, 3.8) is 0 Å². The molecular formula is C15H21N3. The second kappa shape index (κ2) is 6.24. The van der Waals surface area contributed by atoms with Crippen molar-refractivity contribution in [2.24, 2.45) is 0 Å². The van der Waals surface area contributed by atoms with Crippen LogP contribution in [0.3, 0.4) is 0 Å². The van der Waals surface area contributed by atoms with E-state index in [9.17, 15) is 0 Å². The third-order valence-corrected chi connectivity index (χ3v) is 2.94. The Hall–Kier alpha value is -1.77. The molecule has 96 valence electrons. The lowest BCUT2D eigenvalue weighted by Gasteiger charge is -2.15. The summed E-state index contributed by atoms with van der Waals surface area (Å²) in [4.78, 5) is 4.37. The van der Waals surface area contributed by atoms with E-state index in [2.05, 4.69) is 59.0 Å². The molecular weight excluding hydrogens is 222 g/mol. The monoisotopic (exact) mass is 243 g/mol. The molecule has 0 aliphatic carbocycles. The standard InChI is InChI=1S/C15H21N3/c1-3-10-18-11-9-16-15(18)17-13(2)12-14-7-5-4-6-8-14/h4-9,11,13H,3,10,12H2,1-2H3,(H,16,17). The third kappa shape index (κ3) is 3.36. The first-order valence-corrected chi connectivity index (χ1v) is 6.61. The van der Waals surface area contributed by atoms with Crippen molar-refractivity contribution in [3.05, 3.63) is 48.3 Å². The van der Waals surface area contributed by atoms with Crippen LogP contribution in [-0.2, 0) is 13.0 Å². The van der Waals surface area contributed by atoms with Crippen molar-refractivity contribution in [3.8, 4) is 0 Å². The molecule has 1 aromatic carbocycles. The van der Waals surface area contributed by atoms with Crippen LogP contribution >= 0.6 is 0 Å². The van der Waals surface area contributed by atoms with Gasteiger partial charge in [-0.2, -0.15) is 0 Å². The van der Waals surface area contributed by atoms with E-state index in [1.165, 1.54) is 5.56 Å². The Morgan fingerprint density at radius 1 is 1.28 bits per heavy atom. The molecule has 3 nitrogen and oxygen atoms in total. The first-order valence-electron chi connectivity index (χ1n) is 6.61. The minimum atomic E-state index is 0.380. The molecule has 1 N–H and O–H groups in total. The minimum Gasteiger partial charge on any atom is -0.353 e. The van der Waals surface area contributed by atoms with Crippen molar-refractivity contribution in [1.82, 2.24) is 9.55 Å². The summed E-state index contributed by atoms with van der Waals surface area (Å²) in [5.74, 6) is 0.972. The van der Waals surface area contributed by atoms with Gasteiger partial charge in [0.1, 0.15) is 0 Å². The lowest BCUT2D eigenvalue weighted by molar-refractivity contribution is 0.668. The van der Waals surface area contributed by atoms with Gasteiger partial charge in [-0.3, -0.25) is 0 Å². The van der Waals surface area contributed by atoms with Gasteiger partial charge in [0.25, 0.3) is 0 Å². The maximum atomic E-state index is 4.37. The smallest absolute Gasteiger partial charge is 0.202 e. The second-order valence-electron chi connectivity index (χ2n) is 4.68. The quantitative estimate of drug-likeness (QED) is 0.843. The zero-order valence-electron chi connectivity index (χ0n) is 11.1. The van der Waals surface area contributed by atoms with Crippen LogP contribution < -0.4 is 5.32 Å². The highest BCUT2D eigenvalue weighted by Crippen LogP contribution is 2.10. The number of anilines is 1. The molecule has 0 saturated carbocycles. The maximum Gasteiger partial charge on any atom is 0.202 e. The van der Waals surface area contributed by atoms with E-state index in [0.29, 0.717) is 6.04 Å². The molecule has 1 atom stereocenters. The predicted octanol–water partition coefficient (Wildman–Crippen LogP) is 3.34. The van der Waals surface area contributed by atoms with E-state index < -0.39 is 0 Å². The number of nitrogens with one attached hydrogen (secondary N) is 1. The molecule has 0 aliphatic rings. The van der Waals surface area contributed by atoms with Crippen LogP contribution in [0.15, 0.2) is 42.7 Å². The average Bonchev–Trinajstić information content (AvgIpc) is 2.78. The van der Waals surface area contributed by atoms with Gasteiger partial charge in [-0.05, 0) is 25.3 Å². The Balaban J connectivity index is 1.94. The lowest BCUT2D eigenvalue weighted by Crippen LogP contribution is -2.20. The fraction of sp³-hybridized carbons (Fsp3) is 0.400. The van der Waals surface area contributed by atoms with Gasteiger partial charge < -0.3 is 9.88 Å². The number of aromatic nitrogens is 2. The van der Waals surface area contributed by atoms with Gasteiger partial charge in [-0.25, -0.2) is 4.98 Å². The van der Waals surface area contributed by atoms with Gasteiger partial charge in [0.05, 0.1) is 0 Å². The Kier molecular flexibility index (Phi) is 4.40. The maximum absolute atomic E-state index is 4.37. The molecule has 3 heteroatoms. The Morgan fingerprint density at radius 2 is 2.06 bits per heavy atom. The number of benzene rings is 1. The number of rotatable bonds is 6. The number of hydrogen-bond donors (Lipinski definition) is 1. The zero-order chi connectivity index (χ0) is 12.8. The van der Waals surface area contributed by atoms with Crippen LogP contribution in [0.4, 0.5) is 5.95 Å². The normalized spacial score (nSPS) is 12.3. The van der Waals surface area contributed by atoms with Crippen LogP contribution in [0, 0.1) is 0 Å². The topological polar surface area (TPSA) is 29.9 Å². The van der Waals surface area contributed by atoms with Crippen molar-refractivity contribution in [2.75, 3.05) is 5.32 Å².